The second-order valence-electron chi connectivity index (χ2n) is 4.64. The summed E-state index contributed by atoms with van der Waals surface area (Å²) in [6, 6.07) is 0. The topological polar surface area (TPSA) is 0 Å². The van der Waals surface area contributed by atoms with Gasteiger partial charge in [0, 0.05) is 0 Å². The Balaban J connectivity index is 2.19. The van der Waals surface area contributed by atoms with Gasteiger partial charge in [-0.1, -0.05) is 58.6 Å². The molecule has 0 nitrogen and oxygen atoms in total. The fraction of sp³-hybridized carbons (Fsp3) is 0.714. The van der Waals surface area contributed by atoms with E-state index in [2.05, 4.69) is 20.1 Å². The van der Waals surface area contributed by atoms with Crippen LogP contribution in [0.25, 0.3) is 0 Å². The first-order chi connectivity index (χ1) is 7.22. The van der Waals surface area contributed by atoms with Crippen LogP contribution in [0.3, 0.4) is 0 Å². The van der Waals surface area contributed by atoms with Crippen LogP contribution in [0.1, 0.15) is 58.3 Å². The van der Waals surface area contributed by atoms with Crippen molar-refractivity contribution in [1.82, 2.24) is 0 Å². The van der Waals surface area contributed by atoms with Gasteiger partial charge in [0.1, 0.15) is 0 Å². The number of thioether (sulfide) groups is 1. The van der Waals surface area contributed by atoms with E-state index < -0.39 is 0 Å². The highest BCUT2D eigenvalue weighted by molar-refractivity contribution is 8.06. The highest BCUT2D eigenvalue weighted by atomic mass is 32.2. The second-order valence-corrected chi connectivity index (χ2v) is 6.00. The van der Waals surface area contributed by atoms with Crippen molar-refractivity contribution >= 4 is 11.8 Å². The molecule has 1 heteroatoms. The molecule has 0 unspecified atom stereocenters. The van der Waals surface area contributed by atoms with Crippen molar-refractivity contribution in [3.8, 4) is 0 Å². The minimum absolute atomic E-state index is 0.910. The van der Waals surface area contributed by atoms with Gasteiger partial charge in [-0.15, -0.1) is 11.8 Å². The zero-order valence-corrected chi connectivity index (χ0v) is 10.9. The fourth-order valence-corrected chi connectivity index (χ4v) is 3.32. The molecule has 0 atom stereocenters. The molecule has 0 heterocycles. The van der Waals surface area contributed by atoms with Crippen molar-refractivity contribution in [1.29, 1.82) is 0 Å². The second kappa shape index (κ2) is 7.16. The van der Waals surface area contributed by atoms with E-state index in [-0.39, 0.29) is 0 Å². The van der Waals surface area contributed by atoms with E-state index in [9.17, 15) is 0 Å². The molecule has 1 aliphatic carbocycles. The maximum atomic E-state index is 4.17. The molecule has 0 saturated heterocycles. The monoisotopic (exact) mass is 224 g/mol. The lowest BCUT2D eigenvalue weighted by atomic mass is 9.87. The van der Waals surface area contributed by atoms with Gasteiger partial charge < -0.3 is 0 Å². The Morgan fingerprint density at radius 2 is 1.80 bits per heavy atom. The quantitative estimate of drug-likeness (QED) is 0.572. The zero-order valence-electron chi connectivity index (χ0n) is 10.1. The van der Waals surface area contributed by atoms with E-state index in [1.165, 1.54) is 54.8 Å². The normalized spacial score (nSPS) is 17.7. The summed E-state index contributed by atoms with van der Waals surface area (Å²) in [6.45, 7) is 10.5. The number of rotatable bonds is 6. The van der Waals surface area contributed by atoms with Crippen LogP contribution >= 0.6 is 11.8 Å². The van der Waals surface area contributed by atoms with Crippen molar-refractivity contribution in [2.24, 2.45) is 5.92 Å². The molecule has 1 fully saturated rings. The van der Waals surface area contributed by atoms with Gasteiger partial charge in [0.05, 0.1) is 0 Å². The lowest BCUT2D eigenvalue weighted by Gasteiger charge is -2.22. The van der Waals surface area contributed by atoms with E-state index in [0.717, 1.165) is 12.3 Å². The van der Waals surface area contributed by atoms with Crippen LogP contribution in [-0.4, -0.2) is 0 Å². The third kappa shape index (κ3) is 5.46. The van der Waals surface area contributed by atoms with Crippen LogP contribution in [0.5, 0.6) is 0 Å². The predicted molar refractivity (Wildman–Crippen MR) is 72.0 cm³/mol. The van der Waals surface area contributed by atoms with Crippen LogP contribution in [-0.2, 0) is 0 Å². The Morgan fingerprint density at radius 3 is 2.40 bits per heavy atom. The largest absolute Gasteiger partial charge is 0.100 e. The van der Waals surface area contributed by atoms with Crippen molar-refractivity contribution in [2.75, 3.05) is 0 Å². The van der Waals surface area contributed by atoms with Gasteiger partial charge >= 0.3 is 0 Å². The summed E-state index contributed by atoms with van der Waals surface area (Å²) >= 11 is 1.83. The molecule has 0 radical (unpaired) electrons. The van der Waals surface area contributed by atoms with Crippen molar-refractivity contribution < 1.29 is 0 Å². The zero-order chi connectivity index (χ0) is 11.1. The molecule has 0 amide bonds. The van der Waals surface area contributed by atoms with Gasteiger partial charge in [-0.3, -0.25) is 0 Å². The van der Waals surface area contributed by atoms with Gasteiger partial charge in [0.2, 0.25) is 0 Å². The van der Waals surface area contributed by atoms with Crippen LogP contribution in [0.15, 0.2) is 23.0 Å². The van der Waals surface area contributed by atoms with E-state index in [1.54, 1.807) is 0 Å². The molecule has 0 bridgehead atoms. The molecule has 86 valence electrons. The van der Waals surface area contributed by atoms with Crippen LogP contribution in [0.4, 0.5) is 0 Å². The molecule has 15 heavy (non-hydrogen) atoms. The Kier molecular flexibility index (Phi) is 6.16. The van der Waals surface area contributed by atoms with E-state index >= 15 is 0 Å². The molecule has 0 aromatic carbocycles. The summed E-state index contributed by atoms with van der Waals surface area (Å²) in [7, 11) is 0. The molecule has 0 spiro atoms. The Morgan fingerprint density at radius 1 is 1.13 bits per heavy atom. The summed E-state index contributed by atoms with van der Waals surface area (Å²) in [6.07, 6.45) is 10.7. The van der Waals surface area contributed by atoms with Gasteiger partial charge in [-0.2, -0.15) is 0 Å². The van der Waals surface area contributed by atoms with E-state index in [1.807, 2.05) is 11.8 Å². The summed E-state index contributed by atoms with van der Waals surface area (Å²) in [5.74, 6) is 0.910. The van der Waals surface area contributed by atoms with Gasteiger partial charge in [-0.05, 0) is 28.6 Å². The molecule has 1 aliphatic rings. The molecule has 0 aliphatic heterocycles. The maximum Gasteiger partial charge on any atom is -0.0175 e. The first-order valence-electron chi connectivity index (χ1n) is 6.25. The molecular formula is C14H24S. The third-order valence-corrected chi connectivity index (χ3v) is 4.01. The van der Waals surface area contributed by atoms with Crippen LogP contribution < -0.4 is 0 Å². The SMILES string of the molecule is C=C(CCC)SC(=C)CC1CCCCC1. The van der Waals surface area contributed by atoms with Crippen LogP contribution in [0, 0.1) is 5.92 Å². The van der Waals surface area contributed by atoms with Crippen molar-refractivity contribution in [2.45, 2.75) is 58.3 Å². The molecular weight excluding hydrogens is 200 g/mol. The number of allylic oxidation sites excluding steroid dienone is 2. The van der Waals surface area contributed by atoms with Crippen molar-refractivity contribution in [3.05, 3.63) is 23.0 Å². The minimum atomic E-state index is 0.910. The molecule has 0 N–H and O–H groups in total. The van der Waals surface area contributed by atoms with Gasteiger partial charge in [0.15, 0.2) is 0 Å². The minimum Gasteiger partial charge on any atom is -0.100 e. The predicted octanol–water partition coefficient (Wildman–Crippen LogP) is 5.52. The standard InChI is InChI=1S/C14H24S/c1-4-8-12(2)15-13(3)11-14-9-6-5-7-10-14/h14H,2-11H2,1H3. The highest BCUT2D eigenvalue weighted by Gasteiger charge is 2.14. The molecule has 1 rings (SSSR count). The molecule has 0 aromatic rings. The summed E-state index contributed by atoms with van der Waals surface area (Å²) in [5, 5.41) is 0. The molecule has 1 saturated carbocycles. The first-order valence-corrected chi connectivity index (χ1v) is 7.07. The van der Waals surface area contributed by atoms with Crippen molar-refractivity contribution in [3.63, 3.8) is 0 Å². The third-order valence-electron chi connectivity index (χ3n) is 3.06. The first kappa shape index (κ1) is 12.9. The van der Waals surface area contributed by atoms with E-state index in [0.29, 0.717) is 0 Å². The van der Waals surface area contributed by atoms with Gasteiger partial charge in [-0.25, -0.2) is 0 Å². The fourth-order valence-electron chi connectivity index (χ4n) is 2.29. The Hall–Kier alpha value is -0.170. The Bertz CT molecular complexity index is 211. The Labute approximate surface area is 99.2 Å². The van der Waals surface area contributed by atoms with Crippen LogP contribution in [0.2, 0.25) is 0 Å². The number of hydrogen-bond acceptors (Lipinski definition) is 1. The number of hydrogen-bond donors (Lipinski definition) is 0. The average Bonchev–Trinajstić information content (AvgIpc) is 2.19. The lowest BCUT2D eigenvalue weighted by Crippen LogP contribution is -2.06. The van der Waals surface area contributed by atoms with E-state index in [4.69, 9.17) is 0 Å². The highest BCUT2D eigenvalue weighted by Crippen LogP contribution is 2.35. The summed E-state index contributed by atoms with van der Waals surface area (Å²) < 4.78 is 0. The summed E-state index contributed by atoms with van der Waals surface area (Å²) in [5.41, 5.74) is 0. The smallest absolute Gasteiger partial charge is 0.0175 e. The lowest BCUT2D eigenvalue weighted by molar-refractivity contribution is 0.360. The maximum absolute atomic E-state index is 4.17. The average molecular weight is 224 g/mol. The van der Waals surface area contributed by atoms with Gasteiger partial charge in [0.25, 0.3) is 0 Å². The summed E-state index contributed by atoms with van der Waals surface area (Å²) in [4.78, 5) is 2.62. The molecule has 0 aromatic heterocycles.